The van der Waals surface area contributed by atoms with Gasteiger partial charge in [-0.15, -0.1) is 0 Å². The van der Waals surface area contributed by atoms with Gasteiger partial charge in [-0.05, 0) is 81.6 Å². The molecule has 55 heavy (non-hydrogen) atoms. The number of para-hydroxylation sites is 2. The van der Waals surface area contributed by atoms with Gasteiger partial charge in [0.1, 0.15) is 22.3 Å². The Morgan fingerprint density at radius 3 is 1.73 bits per heavy atom. The van der Waals surface area contributed by atoms with E-state index in [2.05, 4.69) is 193 Å². The molecule has 0 aliphatic heterocycles. The molecule has 0 saturated carbocycles. The fourth-order valence-electron chi connectivity index (χ4n) is 8.28. The quantitative estimate of drug-likeness (QED) is 0.173. The molecule has 0 aliphatic carbocycles. The topological polar surface area (TPSA) is 29.5 Å². The minimum absolute atomic E-state index is 0.836. The first-order valence-electron chi connectivity index (χ1n) is 18.7. The third-order valence-electron chi connectivity index (χ3n) is 10.9. The van der Waals surface area contributed by atoms with Crippen molar-refractivity contribution in [3.63, 3.8) is 0 Å². The van der Waals surface area contributed by atoms with E-state index < -0.39 is 0 Å². The second kappa shape index (κ2) is 12.6. The summed E-state index contributed by atoms with van der Waals surface area (Å²) in [7, 11) is 0. The fraction of sp³-hybridized carbons (Fsp3) is 0. The fourth-order valence-corrected chi connectivity index (χ4v) is 8.28. The maximum atomic E-state index is 6.79. The van der Waals surface area contributed by atoms with E-state index >= 15 is 0 Å². The molecule has 0 amide bonds. The van der Waals surface area contributed by atoms with Crippen molar-refractivity contribution in [3.8, 4) is 33.4 Å². The summed E-state index contributed by atoms with van der Waals surface area (Å²) >= 11 is 0. The standard InChI is InChI=1S/C52H33NO2/c1-3-14-36(15-4-1)41-20-11-21-44-49-45(22-12-24-48(49)55-51(41)44)53(40-29-27-35(28-30-40)39-26-25-34-13-7-8-18-38(34)33-39)46-32-31-42(37-16-5-2-6-17-37)52-50(46)43-19-9-10-23-47(43)54-52/h1-33H. The van der Waals surface area contributed by atoms with Gasteiger partial charge in [0.25, 0.3) is 0 Å². The highest BCUT2D eigenvalue weighted by atomic mass is 16.3. The Kier molecular flexibility index (Phi) is 7.17. The SMILES string of the molecule is c1ccc(-c2cccc3c2oc2cccc(N(c4ccc(-c5ccc6ccccc6c5)cc4)c4ccc(-c5ccccc5)c5oc6ccccc6c45)c23)cc1. The summed E-state index contributed by atoms with van der Waals surface area (Å²) in [6.07, 6.45) is 0. The van der Waals surface area contributed by atoms with Crippen LogP contribution in [0.15, 0.2) is 209 Å². The smallest absolute Gasteiger partial charge is 0.145 e. The number of hydrogen-bond donors (Lipinski definition) is 0. The van der Waals surface area contributed by atoms with Crippen LogP contribution in [0.1, 0.15) is 0 Å². The maximum absolute atomic E-state index is 6.79. The number of anilines is 3. The van der Waals surface area contributed by atoms with Gasteiger partial charge in [-0.1, -0.05) is 152 Å². The summed E-state index contributed by atoms with van der Waals surface area (Å²) in [4.78, 5) is 2.38. The van der Waals surface area contributed by atoms with E-state index in [1.54, 1.807) is 0 Å². The zero-order valence-electron chi connectivity index (χ0n) is 29.8. The number of furan rings is 2. The highest BCUT2D eigenvalue weighted by Gasteiger charge is 2.25. The predicted molar refractivity (Wildman–Crippen MR) is 229 cm³/mol. The van der Waals surface area contributed by atoms with Crippen LogP contribution in [0.5, 0.6) is 0 Å². The lowest BCUT2D eigenvalue weighted by molar-refractivity contribution is 0.670. The molecule has 0 N–H and O–H groups in total. The average molecular weight is 704 g/mol. The molecule has 0 fully saturated rings. The molecule has 0 bridgehead atoms. The zero-order chi connectivity index (χ0) is 36.3. The molecular weight excluding hydrogens is 671 g/mol. The van der Waals surface area contributed by atoms with Crippen LogP contribution in [-0.4, -0.2) is 0 Å². The molecule has 0 saturated heterocycles. The summed E-state index contributed by atoms with van der Waals surface area (Å²) in [5.41, 5.74) is 13.2. The molecule has 0 spiro atoms. The van der Waals surface area contributed by atoms with Crippen molar-refractivity contribution in [3.05, 3.63) is 200 Å². The molecule has 3 heteroatoms. The molecule has 9 aromatic carbocycles. The average Bonchev–Trinajstić information content (AvgIpc) is 3.84. The number of fused-ring (bicyclic) bond motifs is 7. The van der Waals surface area contributed by atoms with Gasteiger partial charge in [0.05, 0.1) is 22.1 Å². The van der Waals surface area contributed by atoms with Gasteiger partial charge >= 0.3 is 0 Å². The summed E-state index contributed by atoms with van der Waals surface area (Å²) in [6.45, 7) is 0. The monoisotopic (exact) mass is 703 g/mol. The normalized spacial score (nSPS) is 11.6. The predicted octanol–water partition coefficient (Wildman–Crippen LogP) is 15.1. The molecule has 0 unspecified atom stereocenters. The van der Waals surface area contributed by atoms with Gasteiger partial charge in [0, 0.05) is 27.6 Å². The van der Waals surface area contributed by atoms with Gasteiger partial charge in [0.2, 0.25) is 0 Å². The second-order valence-electron chi connectivity index (χ2n) is 14.0. The molecule has 3 nitrogen and oxygen atoms in total. The van der Waals surface area contributed by atoms with Crippen LogP contribution >= 0.6 is 0 Å². The van der Waals surface area contributed by atoms with Crippen LogP contribution in [0.4, 0.5) is 17.1 Å². The molecule has 0 atom stereocenters. The van der Waals surface area contributed by atoms with E-state index in [1.807, 2.05) is 12.1 Å². The van der Waals surface area contributed by atoms with E-state index in [-0.39, 0.29) is 0 Å². The van der Waals surface area contributed by atoms with Crippen LogP contribution < -0.4 is 4.90 Å². The van der Waals surface area contributed by atoms with E-state index in [9.17, 15) is 0 Å². The number of benzene rings is 9. The molecule has 11 rings (SSSR count). The first-order chi connectivity index (χ1) is 27.3. The van der Waals surface area contributed by atoms with Crippen LogP contribution in [-0.2, 0) is 0 Å². The van der Waals surface area contributed by atoms with Crippen LogP contribution in [0.2, 0.25) is 0 Å². The third kappa shape index (κ3) is 5.13. The lowest BCUT2D eigenvalue weighted by atomic mass is 9.98. The Balaban J connectivity index is 1.18. The van der Waals surface area contributed by atoms with Crippen molar-refractivity contribution in [2.45, 2.75) is 0 Å². The largest absolute Gasteiger partial charge is 0.455 e. The number of hydrogen-bond acceptors (Lipinski definition) is 3. The lowest BCUT2D eigenvalue weighted by Gasteiger charge is -2.27. The summed E-state index contributed by atoms with van der Waals surface area (Å²) in [5.74, 6) is 0. The number of rotatable bonds is 6. The number of nitrogens with zero attached hydrogens (tertiary/aromatic N) is 1. The second-order valence-corrected chi connectivity index (χ2v) is 14.0. The molecule has 0 radical (unpaired) electrons. The zero-order valence-corrected chi connectivity index (χ0v) is 29.8. The van der Waals surface area contributed by atoms with Crippen molar-refractivity contribution in [2.75, 3.05) is 4.90 Å². The molecule has 2 aromatic heterocycles. The highest BCUT2D eigenvalue weighted by molar-refractivity contribution is 6.20. The van der Waals surface area contributed by atoms with Crippen LogP contribution in [0.3, 0.4) is 0 Å². The molecule has 258 valence electrons. The minimum atomic E-state index is 0.836. The summed E-state index contributed by atoms with van der Waals surface area (Å²) < 4.78 is 13.6. The van der Waals surface area contributed by atoms with E-state index in [0.29, 0.717) is 0 Å². The summed E-state index contributed by atoms with van der Waals surface area (Å²) in [5, 5.41) is 6.72. The van der Waals surface area contributed by atoms with Crippen molar-refractivity contribution >= 4 is 71.7 Å². The molecule has 2 heterocycles. The Labute approximate surface area is 317 Å². The first-order valence-corrected chi connectivity index (χ1v) is 18.7. The molecule has 11 aromatic rings. The van der Waals surface area contributed by atoms with E-state index in [4.69, 9.17) is 8.83 Å². The van der Waals surface area contributed by atoms with E-state index in [0.717, 1.165) is 88.8 Å². The van der Waals surface area contributed by atoms with E-state index in [1.165, 1.54) is 16.3 Å². The Bertz CT molecular complexity index is 3190. The molecule has 0 aliphatic rings. The third-order valence-corrected chi connectivity index (χ3v) is 10.9. The first kappa shape index (κ1) is 31.2. The van der Waals surface area contributed by atoms with Crippen molar-refractivity contribution < 1.29 is 8.83 Å². The Hall–Kier alpha value is -7.36. The van der Waals surface area contributed by atoms with Gasteiger partial charge < -0.3 is 13.7 Å². The summed E-state index contributed by atoms with van der Waals surface area (Å²) in [6, 6.07) is 70.8. The van der Waals surface area contributed by atoms with Gasteiger partial charge in [0.15, 0.2) is 0 Å². The van der Waals surface area contributed by atoms with Crippen LogP contribution in [0, 0.1) is 0 Å². The van der Waals surface area contributed by atoms with Gasteiger partial charge in [-0.3, -0.25) is 0 Å². The van der Waals surface area contributed by atoms with Crippen molar-refractivity contribution in [2.24, 2.45) is 0 Å². The van der Waals surface area contributed by atoms with Crippen molar-refractivity contribution in [1.29, 1.82) is 0 Å². The molecular formula is C52H33NO2. The lowest BCUT2D eigenvalue weighted by Crippen LogP contribution is -2.11. The van der Waals surface area contributed by atoms with Gasteiger partial charge in [-0.25, -0.2) is 0 Å². The van der Waals surface area contributed by atoms with Gasteiger partial charge in [-0.2, -0.15) is 0 Å². The maximum Gasteiger partial charge on any atom is 0.145 e. The Morgan fingerprint density at radius 1 is 0.327 bits per heavy atom. The van der Waals surface area contributed by atoms with Crippen molar-refractivity contribution in [1.82, 2.24) is 0 Å². The minimum Gasteiger partial charge on any atom is -0.455 e. The Morgan fingerprint density at radius 2 is 0.927 bits per heavy atom. The van der Waals surface area contributed by atoms with Crippen LogP contribution in [0.25, 0.3) is 88.0 Å². The highest BCUT2D eigenvalue weighted by Crippen LogP contribution is 2.49.